The molecule has 151 valence electrons. The Balaban J connectivity index is 0. The summed E-state index contributed by atoms with van der Waals surface area (Å²) in [5, 5.41) is 3.50. The first-order valence-electron chi connectivity index (χ1n) is 10.5. The Morgan fingerprint density at radius 2 is 1.20 bits per heavy atom. The second-order valence-corrected chi connectivity index (χ2v) is 8.08. The molecule has 2 aliphatic carbocycles. The zero-order chi connectivity index (χ0) is 19.3. The van der Waals surface area contributed by atoms with Crippen LogP contribution in [0.15, 0.2) is 3.34 Å². The maximum Gasteiger partial charge on any atom is -0.0465 e. The van der Waals surface area contributed by atoms with E-state index < -0.39 is 0 Å². The average Bonchev–Trinajstić information content (AvgIpc) is 2.70. The monoisotopic (exact) mass is 518 g/mol. The molecular weight excluding hydrogens is 473 g/mol. The Morgan fingerprint density at radius 1 is 0.880 bits per heavy atom. The van der Waals surface area contributed by atoms with Gasteiger partial charge in [0.25, 0.3) is 0 Å². The molecule has 0 N–H and O–H groups in total. The molecule has 0 aromatic rings. The summed E-state index contributed by atoms with van der Waals surface area (Å²) in [6.45, 7) is 8.90. The Morgan fingerprint density at radius 3 is 1.32 bits per heavy atom. The smallest absolute Gasteiger partial charge is 0.0465 e. The van der Waals surface area contributed by atoms with E-state index in [1.807, 2.05) is 0 Å². The molecule has 0 aromatic carbocycles. The van der Waals surface area contributed by atoms with E-state index in [9.17, 15) is 0 Å². The first kappa shape index (κ1) is 27.7. The normalized spacial score (nSPS) is 19.1. The van der Waals surface area contributed by atoms with Gasteiger partial charge in [-0.05, 0) is 11.8 Å². The number of hydrogen-bond donors (Lipinski definition) is 0. The van der Waals surface area contributed by atoms with Gasteiger partial charge in [-0.25, -0.2) is 0 Å². The maximum atomic E-state index is 4.12. The van der Waals surface area contributed by atoms with Crippen molar-refractivity contribution in [3.63, 3.8) is 0 Å². The molecule has 2 aliphatic rings. The maximum absolute atomic E-state index is 4.12. The predicted octanol–water partition coefficient (Wildman–Crippen LogP) is 7.72. The molecule has 3 heteroatoms. The molecule has 0 heterocycles. The van der Waals surface area contributed by atoms with Gasteiger partial charge in [-0.15, -0.1) is 0 Å². The van der Waals surface area contributed by atoms with Crippen LogP contribution in [0, 0.1) is 24.7 Å². The van der Waals surface area contributed by atoms with Gasteiger partial charge in [-0.3, -0.25) is 0 Å². The van der Waals surface area contributed by atoms with Crippen molar-refractivity contribution >= 4 is 0 Å². The van der Waals surface area contributed by atoms with Gasteiger partial charge in [0.15, 0.2) is 0 Å². The number of rotatable bonds is 4. The zero-order valence-corrected chi connectivity index (χ0v) is 21.2. The van der Waals surface area contributed by atoms with Crippen molar-refractivity contribution in [1.29, 1.82) is 0 Å². The molecule has 0 radical (unpaired) electrons. The predicted molar refractivity (Wildman–Crippen MR) is 110 cm³/mol. The van der Waals surface area contributed by atoms with E-state index in [0.29, 0.717) is 6.04 Å². The quantitative estimate of drug-likeness (QED) is 0.341. The van der Waals surface area contributed by atoms with Crippen molar-refractivity contribution in [2.75, 3.05) is 14.1 Å². The van der Waals surface area contributed by atoms with Crippen LogP contribution in [0.1, 0.15) is 98.3 Å². The van der Waals surface area contributed by atoms with Crippen molar-refractivity contribution in [3.8, 4) is 0 Å². The van der Waals surface area contributed by atoms with E-state index in [-0.39, 0.29) is 0 Å². The van der Waals surface area contributed by atoms with Gasteiger partial charge >= 0.3 is 50.5 Å². The standard InChI is InChI=1S/2C8H15.C4H9N.C2H6N.Ta/c2*1-2-8-6-4-3-5-7-8;1-3-4(2)5;1-3-2;/h2*3,8H,2,4-7H2,1H3;4H,3H2,1-2H3;1-2H3;/q2*-1;;-1;. The minimum Gasteiger partial charge on any atom is -0.668 e. The van der Waals surface area contributed by atoms with Crippen LogP contribution in [-0.4, -0.2) is 20.1 Å². The van der Waals surface area contributed by atoms with E-state index in [4.69, 9.17) is 0 Å². The molecule has 0 aliphatic heterocycles. The Kier molecular flexibility index (Phi) is 25.0. The first-order valence-corrected chi connectivity index (χ1v) is 12.0. The van der Waals surface area contributed by atoms with Crippen LogP contribution in [0.2, 0.25) is 0 Å². The molecule has 25 heavy (non-hydrogen) atoms. The summed E-state index contributed by atoms with van der Waals surface area (Å²) in [6, 6.07) is 0.610. The molecule has 2 rings (SSSR count). The summed E-state index contributed by atoms with van der Waals surface area (Å²) in [7, 11) is 3.50. The number of nitrogens with zero attached hydrogens (tertiary/aromatic N) is 2. The zero-order valence-electron chi connectivity index (χ0n) is 18.0. The van der Waals surface area contributed by atoms with E-state index in [2.05, 4.69) is 49.2 Å². The minimum atomic E-state index is 0.610. The van der Waals surface area contributed by atoms with Crippen LogP contribution in [0.4, 0.5) is 0 Å². The van der Waals surface area contributed by atoms with Crippen LogP contribution < -0.4 is 0 Å². The van der Waals surface area contributed by atoms with Gasteiger partial charge in [0.1, 0.15) is 0 Å². The summed E-state index contributed by atoms with van der Waals surface area (Å²) >= 11 is 1.18. The summed E-state index contributed by atoms with van der Waals surface area (Å²) in [4.78, 5) is 0. The van der Waals surface area contributed by atoms with E-state index >= 15 is 0 Å². The van der Waals surface area contributed by atoms with Crippen LogP contribution in [0.5, 0.6) is 0 Å². The number of hydrogen-bond acceptors (Lipinski definition) is 1. The summed E-state index contributed by atoms with van der Waals surface area (Å²) in [6.07, 6.45) is 20.1. The largest absolute Gasteiger partial charge is 0.668 e. The summed E-state index contributed by atoms with van der Waals surface area (Å²) in [5.41, 5.74) is 0. The Hall–Kier alpha value is 0.500. The van der Waals surface area contributed by atoms with E-state index in [0.717, 1.165) is 11.8 Å². The molecule has 1 unspecified atom stereocenters. The van der Waals surface area contributed by atoms with Crippen molar-refractivity contribution in [2.24, 2.45) is 15.2 Å². The van der Waals surface area contributed by atoms with Gasteiger partial charge in [-0.2, -0.15) is 39.8 Å². The van der Waals surface area contributed by atoms with Gasteiger partial charge in [-0.1, -0.05) is 52.4 Å². The van der Waals surface area contributed by atoms with Gasteiger partial charge in [0, 0.05) is 0 Å². The molecule has 2 nitrogen and oxygen atoms in total. The second-order valence-electron chi connectivity index (χ2n) is 7.26. The Bertz CT molecular complexity index is 228. The van der Waals surface area contributed by atoms with E-state index in [1.165, 1.54) is 91.5 Å². The Labute approximate surface area is 172 Å². The second kappa shape index (κ2) is 22.5. The van der Waals surface area contributed by atoms with E-state index in [1.54, 1.807) is 14.1 Å². The molecule has 0 saturated heterocycles. The van der Waals surface area contributed by atoms with Crippen LogP contribution >= 0.6 is 0 Å². The van der Waals surface area contributed by atoms with Crippen molar-refractivity contribution in [1.82, 2.24) is 0 Å². The fourth-order valence-corrected chi connectivity index (χ4v) is 3.48. The average molecular weight is 519 g/mol. The molecule has 0 bridgehead atoms. The fourth-order valence-electron chi connectivity index (χ4n) is 2.89. The van der Waals surface area contributed by atoms with Crippen LogP contribution in [-0.2, 0) is 20.9 Å². The molecule has 0 spiro atoms. The van der Waals surface area contributed by atoms with Gasteiger partial charge < -0.3 is 18.2 Å². The SMILES string of the molecule is CCC(C)[N]=[Ta].CCC1CC[CH-]CC1.CCC1CC[CH-]CC1.C[N-]C. The third-order valence-corrected chi connectivity index (χ3v) is 6.48. The minimum absolute atomic E-state index is 0.610. The molecule has 1 atom stereocenters. The summed E-state index contributed by atoms with van der Waals surface area (Å²) in [5.74, 6) is 2.11. The molecule has 0 aromatic heterocycles. The van der Waals surface area contributed by atoms with Crippen LogP contribution in [0.25, 0.3) is 5.32 Å². The summed E-state index contributed by atoms with van der Waals surface area (Å²) < 4.78 is 4.12. The third kappa shape index (κ3) is 20.7. The van der Waals surface area contributed by atoms with Gasteiger partial charge in [0.2, 0.25) is 0 Å². The van der Waals surface area contributed by atoms with Crippen molar-refractivity contribution in [2.45, 2.75) is 104 Å². The molecule has 2 saturated carbocycles. The third-order valence-electron chi connectivity index (χ3n) is 5.06. The molecule has 2 fully saturated rings. The molecular formula is C22H45N2Ta-3. The van der Waals surface area contributed by atoms with Crippen LogP contribution in [0.3, 0.4) is 0 Å². The van der Waals surface area contributed by atoms with Crippen molar-refractivity contribution in [3.05, 3.63) is 18.2 Å². The first-order chi connectivity index (χ1) is 12.1. The van der Waals surface area contributed by atoms with Gasteiger partial charge in [0.05, 0.1) is 0 Å². The topological polar surface area (TPSA) is 26.5 Å². The fraction of sp³-hybridized carbons (Fsp3) is 0.909. The van der Waals surface area contributed by atoms with Crippen molar-refractivity contribution < 1.29 is 20.9 Å². The molecule has 0 amide bonds.